The first-order valence-electron chi connectivity index (χ1n) is 3.26. The normalized spacial score (nSPS) is 27.6. The predicted octanol–water partition coefficient (Wildman–Crippen LogP) is 1.22. The molecule has 0 aromatic heterocycles. The Morgan fingerprint density at radius 2 is 1.50 bits per heavy atom. The van der Waals surface area contributed by atoms with Gasteiger partial charge in [-0.05, 0) is 19.3 Å². The second kappa shape index (κ2) is 3.20. The number of oxime groups is 2. The maximum atomic E-state index is 8.36. The predicted molar refractivity (Wildman–Crippen MR) is 36.9 cm³/mol. The van der Waals surface area contributed by atoms with E-state index in [0.29, 0.717) is 17.8 Å². The molecule has 0 bridgehead atoms. The molecule has 0 heterocycles. The summed E-state index contributed by atoms with van der Waals surface area (Å²) in [4.78, 5) is 0. The molecule has 0 atom stereocenters. The molecule has 1 rings (SSSR count). The van der Waals surface area contributed by atoms with E-state index in [0.717, 1.165) is 19.3 Å². The van der Waals surface area contributed by atoms with Crippen LogP contribution in [0.2, 0.25) is 0 Å². The van der Waals surface area contributed by atoms with E-state index >= 15 is 0 Å². The molecular formula is C6H10N2O2. The van der Waals surface area contributed by atoms with Gasteiger partial charge in [0.05, 0.1) is 11.4 Å². The fourth-order valence-electron chi connectivity index (χ4n) is 1.08. The molecule has 0 aromatic rings. The minimum absolute atomic E-state index is 0.521. The lowest BCUT2D eigenvalue weighted by atomic mass is 9.97. The average molecular weight is 142 g/mol. The van der Waals surface area contributed by atoms with Gasteiger partial charge in [-0.15, -0.1) is 0 Å². The zero-order valence-electron chi connectivity index (χ0n) is 5.62. The molecule has 0 aromatic carbocycles. The van der Waals surface area contributed by atoms with Crippen LogP contribution in [0.15, 0.2) is 10.3 Å². The van der Waals surface area contributed by atoms with Crippen molar-refractivity contribution in [1.29, 1.82) is 0 Å². The molecule has 0 spiro atoms. The minimum atomic E-state index is 0.521. The summed E-state index contributed by atoms with van der Waals surface area (Å²) in [5.74, 6) is 0. The van der Waals surface area contributed by atoms with E-state index in [1.54, 1.807) is 0 Å². The molecule has 0 radical (unpaired) electrons. The molecular weight excluding hydrogens is 132 g/mol. The number of rotatable bonds is 0. The summed E-state index contributed by atoms with van der Waals surface area (Å²) in [6.45, 7) is 0. The molecule has 4 heteroatoms. The standard InChI is InChI=1S/C6H10N2O2/c9-7-5-2-1-3-6(4-5)8-10/h9-10H,1-4H2. The minimum Gasteiger partial charge on any atom is -0.411 e. The molecule has 0 amide bonds. The van der Waals surface area contributed by atoms with Crippen molar-refractivity contribution in [2.75, 3.05) is 0 Å². The van der Waals surface area contributed by atoms with E-state index in [-0.39, 0.29) is 0 Å². The summed E-state index contributed by atoms with van der Waals surface area (Å²) in [6.07, 6.45) is 3.07. The van der Waals surface area contributed by atoms with Crippen LogP contribution in [0.1, 0.15) is 25.7 Å². The van der Waals surface area contributed by atoms with Crippen LogP contribution in [0.3, 0.4) is 0 Å². The van der Waals surface area contributed by atoms with Crippen LogP contribution in [0.4, 0.5) is 0 Å². The fraction of sp³-hybridized carbons (Fsp3) is 0.667. The highest BCUT2D eigenvalue weighted by atomic mass is 16.4. The third-order valence-electron chi connectivity index (χ3n) is 1.62. The van der Waals surface area contributed by atoms with Gasteiger partial charge in [0.15, 0.2) is 0 Å². The molecule has 0 aliphatic heterocycles. The topological polar surface area (TPSA) is 65.2 Å². The first kappa shape index (κ1) is 7.05. The van der Waals surface area contributed by atoms with Gasteiger partial charge < -0.3 is 10.4 Å². The first-order chi connectivity index (χ1) is 4.86. The Morgan fingerprint density at radius 3 is 1.90 bits per heavy atom. The molecule has 4 nitrogen and oxygen atoms in total. The summed E-state index contributed by atoms with van der Waals surface area (Å²) < 4.78 is 0. The second-order valence-electron chi connectivity index (χ2n) is 2.36. The Labute approximate surface area is 58.8 Å². The van der Waals surface area contributed by atoms with Gasteiger partial charge in [-0.2, -0.15) is 0 Å². The highest BCUT2D eigenvalue weighted by molar-refractivity contribution is 6.05. The van der Waals surface area contributed by atoms with Crippen molar-refractivity contribution in [3.8, 4) is 0 Å². The molecule has 1 saturated carbocycles. The van der Waals surface area contributed by atoms with E-state index in [4.69, 9.17) is 10.4 Å². The summed E-state index contributed by atoms with van der Waals surface area (Å²) >= 11 is 0. The molecule has 1 aliphatic carbocycles. The monoisotopic (exact) mass is 142 g/mol. The van der Waals surface area contributed by atoms with Crippen molar-refractivity contribution >= 4 is 11.4 Å². The number of nitrogens with zero attached hydrogens (tertiary/aromatic N) is 2. The maximum absolute atomic E-state index is 8.36. The van der Waals surface area contributed by atoms with Gasteiger partial charge in [0.25, 0.3) is 0 Å². The Balaban J connectivity index is 2.56. The molecule has 10 heavy (non-hydrogen) atoms. The van der Waals surface area contributed by atoms with E-state index in [1.807, 2.05) is 0 Å². The van der Waals surface area contributed by atoms with Crippen molar-refractivity contribution in [2.45, 2.75) is 25.7 Å². The summed E-state index contributed by atoms with van der Waals surface area (Å²) in [6, 6.07) is 0. The Bertz CT molecular complexity index is 157. The van der Waals surface area contributed by atoms with Gasteiger partial charge in [-0.25, -0.2) is 0 Å². The lowest BCUT2D eigenvalue weighted by Crippen LogP contribution is -2.14. The van der Waals surface area contributed by atoms with Gasteiger partial charge in [-0.3, -0.25) is 0 Å². The lowest BCUT2D eigenvalue weighted by Gasteiger charge is -2.11. The lowest BCUT2D eigenvalue weighted by molar-refractivity contribution is 0.311. The number of hydrogen-bond acceptors (Lipinski definition) is 4. The zero-order chi connectivity index (χ0) is 7.40. The van der Waals surface area contributed by atoms with Gasteiger partial charge in [0, 0.05) is 6.42 Å². The van der Waals surface area contributed by atoms with Crippen molar-refractivity contribution in [1.82, 2.24) is 0 Å². The second-order valence-corrected chi connectivity index (χ2v) is 2.36. The van der Waals surface area contributed by atoms with Gasteiger partial charge >= 0.3 is 0 Å². The summed E-state index contributed by atoms with van der Waals surface area (Å²) in [5.41, 5.74) is 1.41. The van der Waals surface area contributed by atoms with Gasteiger partial charge in [0.2, 0.25) is 0 Å². The van der Waals surface area contributed by atoms with E-state index in [1.165, 1.54) is 0 Å². The highest BCUT2D eigenvalue weighted by Gasteiger charge is 2.13. The van der Waals surface area contributed by atoms with Crippen LogP contribution in [0, 0.1) is 0 Å². The van der Waals surface area contributed by atoms with Crippen molar-refractivity contribution in [2.24, 2.45) is 10.3 Å². The van der Waals surface area contributed by atoms with E-state index < -0.39 is 0 Å². The fourth-order valence-corrected chi connectivity index (χ4v) is 1.08. The summed E-state index contributed by atoms with van der Waals surface area (Å²) in [5, 5.41) is 22.9. The average Bonchev–Trinajstić information content (AvgIpc) is 2.05. The van der Waals surface area contributed by atoms with Crippen LogP contribution >= 0.6 is 0 Å². The largest absolute Gasteiger partial charge is 0.411 e. The van der Waals surface area contributed by atoms with Crippen LogP contribution in [0.25, 0.3) is 0 Å². The van der Waals surface area contributed by atoms with Crippen molar-refractivity contribution < 1.29 is 10.4 Å². The smallest absolute Gasteiger partial charge is 0.0628 e. The van der Waals surface area contributed by atoms with E-state index in [2.05, 4.69) is 10.3 Å². The van der Waals surface area contributed by atoms with Crippen LogP contribution in [0.5, 0.6) is 0 Å². The molecule has 0 unspecified atom stereocenters. The van der Waals surface area contributed by atoms with Crippen molar-refractivity contribution in [3.05, 3.63) is 0 Å². The first-order valence-corrected chi connectivity index (χ1v) is 3.26. The van der Waals surface area contributed by atoms with Gasteiger partial charge in [-0.1, -0.05) is 10.3 Å². The molecule has 2 N–H and O–H groups in total. The van der Waals surface area contributed by atoms with Crippen molar-refractivity contribution in [3.63, 3.8) is 0 Å². The molecule has 1 fully saturated rings. The summed E-state index contributed by atoms with van der Waals surface area (Å²) in [7, 11) is 0. The Kier molecular flexibility index (Phi) is 2.25. The molecule has 56 valence electrons. The van der Waals surface area contributed by atoms with Crippen LogP contribution < -0.4 is 0 Å². The SMILES string of the molecule is ON=C1CCCC(=NO)C1. The highest BCUT2D eigenvalue weighted by Crippen LogP contribution is 2.12. The third-order valence-corrected chi connectivity index (χ3v) is 1.62. The molecule has 1 aliphatic rings. The van der Waals surface area contributed by atoms with Crippen LogP contribution in [-0.2, 0) is 0 Å². The number of hydrogen-bond donors (Lipinski definition) is 2. The van der Waals surface area contributed by atoms with E-state index in [9.17, 15) is 0 Å². The quantitative estimate of drug-likeness (QED) is 0.394. The zero-order valence-corrected chi connectivity index (χ0v) is 5.62. The van der Waals surface area contributed by atoms with Gasteiger partial charge in [0.1, 0.15) is 0 Å². The third kappa shape index (κ3) is 1.46. The Morgan fingerprint density at radius 1 is 1.00 bits per heavy atom. The molecule has 0 saturated heterocycles. The maximum Gasteiger partial charge on any atom is 0.0628 e. The Hall–Kier alpha value is -1.06. The van der Waals surface area contributed by atoms with Crippen LogP contribution in [-0.4, -0.2) is 21.8 Å².